The lowest BCUT2D eigenvalue weighted by molar-refractivity contribution is 0.0773. The van der Waals surface area contributed by atoms with Gasteiger partial charge in [0.2, 0.25) is 0 Å². The van der Waals surface area contributed by atoms with Crippen LogP contribution in [0.15, 0.2) is 18.2 Å². The molecule has 1 heterocycles. The zero-order valence-electron chi connectivity index (χ0n) is 12.0. The SMILES string of the molecule is CN(CC1CCCC1)C(=O)c1ccc2c(c1)CCN2.Cl. The van der Waals surface area contributed by atoms with Gasteiger partial charge >= 0.3 is 0 Å². The molecule has 2 aliphatic rings. The number of benzene rings is 1. The van der Waals surface area contributed by atoms with E-state index in [9.17, 15) is 4.79 Å². The highest BCUT2D eigenvalue weighted by Crippen LogP contribution is 2.26. The first-order valence-corrected chi connectivity index (χ1v) is 7.36. The van der Waals surface area contributed by atoms with E-state index in [1.165, 1.54) is 36.9 Å². The highest BCUT2D eigenvalue weighted by Gasteiger charge is 2.21. The summed E-state index contributed by atoms with van der Waals surface area (Å²) in [6.45, 7) is 1.90. The molecule has 20 heavy (non-hydrogen) atoms. The minimum atomic E-state index is 0. The number of rotatable bonds is 3. The fourth-order valence-electron chi connectivity index (χ4n) is 3.32. The number of amides is 1. The Bertz CT molecular complexity index is 483. The number of nitrogens with zero attached hydrogens (tertiary/aromatic N) is 1. The standard InChI is InChI=1S/C16H22N2O.ClH/c1-18(11-12-4-2-3-5-12)16(19)14-6-7-15-13(10-14)8-9-17-15;/h6-7,10,12,17H,2-5,8-9,11H2,1H3;1H. The van der Waals surface area contributed by atoms with Crippen molar-refractivity contribution in [3.63, 3.8) is 0 Å². The number of carbonyl (C=O) groups is 1. The van der Waals surface area contributed by atoms with Gasteiger partial charge in [-0.2, -0.15) is 0 Å². The molecule has 0 aromatic heterocycles. The van der Waals surface area contributed by atoms with Gasteiger partial charge < -0.3 is 10.2 Å². The van der Waals surface area contributed by atoms with Crippen LogP contribution in [0.2, 0.25) is 0 Å². The van der Waals surface area contributed by atoms with Crippen molar-refractivity contribution in [2.45, 2.75) is 32.1 Å². The average Bonchev–Trinajstić information content (AvgIpc) is 3.07. The molecule has 1 aromatic carbocycles. The van der Waals surface area contributed by atoms with Gasteiger partial charge in [-0.3, -0.25) is 4.79 Å². The second kappa shape index (κ2) is 6.49. The lowest BCUT2D eigenvalue weighted by atomic mass is 10.1. The van der Waals surface area contributed by atoms with Crippen molar-refractivity contribution in [3.05, 3.63) is 29.3 Å². The molecule has 1 fully saturated rings. The summed E-state index contributed by atoms with van der Waals surface area (Å²) in [5.74, 6) is 0.881. The number of anilines is 1. The summed E-state index contributed by atoms with van der Waals surface area (Å²) in [5.41, 5.74) is 3.30. The number of hydrogen-bond donors (Lipinski definition) is 1. The van der Waals surface area contributed by atoms with Crippen LogP contribution in [0, 0.1) is 5.92 Å². The van der Waals surface area contributed by atoms with Gasteiger partial charge in [0.15, 0.2) is 0 Å². The molecule has 1 aliphatic heterocycles. The summed E-state index contributed by atoms with van der Waals surface area (Å²) >= 11 is 0. The number of fused-ring (bicyclic) bond motifs is 1. The third kappa shape index (κ3) is 3.09. The van der Waals surface area contributed by atoms with Gasteiger partial charge in [0, 0.05) is 31.4 Å². The summed E-state index contributed by atoms with van der Waals surface area (Å²) < 4.78 is 0. The van der Waals surface area contributed by atoms with Gasteiger partial charge in [-0.1, -0.05) is 12.8 Å². The predicted octanol–water partition coefficient (Wildman–Crippen LogP) is 3.34. The summed E-state index contributed by atoms with van der Waals surface area (Å²) in [5, 5.41) is 3.33. The summed E-state index contributed by atoms with van der Waals surface area (Å²) in [6, 6.07) is 6.05. The van der Waals surface area contributed by atoms with Crippen molar-refractivity contribution >= 4 is 24.0 Å². The van der Waals surface area contributed by atoms with Crippen molar-refractivity contribution in [2.24, 2.45) is 5.92 Å². The van der Waals surface area contributed by atoms with E-state index in [1.807, 2.05) is 24.1 Å². The molecule has 0 atom stereocenters. The van der Waals surface area contributed by atoms with Crippen LogP contribution in [-0.2, 0) is 6.42 Å². The molecule has 4 heteroatoms. The first-order chi connectivity index (χ1) is 9.24. The van der Waals surface area contributed by atoms with Crippen molar-refractivity contribution in [1.29, 1.82) is 0 Å². The monoisotopic (exact) mass is 294 g/mol. The molecule has 1 aliphatic carbocycles. The van der Waals surface area contributed by atoms with Gasteiger partial charge in [-0.25, -0.2) is 0 Å². The summed E-state index contributed by atoms with van der Waals surface area (Å²) in [4.78, 5) is 14.3. The van der Waals surface area contributed by atoms with Crippen LogP contribution in [0.3, 0.4) is 0 Å². The Hall–Kier alpha value is -1.22. The van der Waals surface area contributed by atoms with Crippen molar-refractivity contribution in [2.75, 3.05) is 25.5 Å². The van der Waals surface area contributed by atoms with Crippen molar-refractivity contribution in [1.82, 2.24) is 4.90 Å². The van der Waals surface area contributed by atoms with E-state index < -0.39 is 0 Å². The van der Waals surface area contributed by atoms with E-state index in [0.29, 0.717) is 5.92 Å². The van der Waals surface area contributed by atoms with Gasteiger partial charge in [-0.05, 0) is 48.9 Å². The van der Waals surface area contributed by atoms with Gasteiger partial charge in [0.1, 0.15) is 0 Å². The van der Waals surface area contributed by atoms with Crippen LogP contribution in [0.4, 0.5) is 5.69 Å². The Balaban J connectivity index is 0.00000147. The van der Waals surface area contributed by atoms with Crippen molar-refractivity contribution in [3.8, 4) is 0 Å². The molecule has 0 spiro atoms. The van der Waals surface area contributed by atoms with E-state index in [0.717, 1.165) is 25.1 Å². The largest absolute Gasteiger partial charge is 0.384 e. The van der Waals surface area contributed by atoms with Crippen LogP contribution in [0.5, 0.6) is 0 Å². The lowest BCUT2D eigenvalue weighted by Gasteiger charge is -2.21. The Labute approximate surface area is 127 Å². The maximum Gasteiger partial charge on any atom is 0.253 e. The molecule has 1 aromatic rings. The Kier molecular flexibility index (Phi) is 4.92. The molecule has 1 amide bonds. The number of hydrogen-bond acceptors (Lipinski definition) is 2. The van der Waals surface area contributed by atoms with Gasteiger partial charge in [0.05, 0.1) is 0 Å². The van der Waals surface area contributed by atoms with E-state index >= 15 is 0 Å². The third-order valence-corrected chi connectivity index (χ3v) is 4.42. The van der Waals surface area contributed by atoms with Crippen LogP contribution < -0.4 is 5.32 Å². The zero-order chi connectivity index (χ0) is 13.2. The van der Waals surface area contributed by atoms with Crippen LogP contribution in [0.1, 0.15) is 41.6 Å². The second-order valence-electron chi connectivity index (χ2n) is 5.88. The Morgan fingerprint density at radius 3 is 2.85 bits per heavy atom. The Morgan fingerprint density at radius 2 is 2.10 bits per heavy atom. The maximum absolute atomic E-state index is 12.4. The minimum absolute atomic E-state index is 0. The molecule has 0 bridgehead atoms. The zero-order valence-corrected chi connectivity index (χ0v) is 12.8. The topological polar surface area (TPSA) is 32.3 Å². The average molecular weight is 295 g/mol. The lowest BCUT2D eigenvalue weighted by Crippen LogP contribution is -2.31. The number of halogens is 1. The molecular weight excluding hydrogens is 272 g/mol. The highest BCUT2D eigenvalue weighted by atomic mass is 35.5. The molecule has 0 unspecified atom stereocenters. The molecular formula is C16H23ClN2O. The third-order valence-electron chi connectivity index (χ3n) is 4.42. The molecule has 0 radical (unpaired) electrons. The molecule has 3 rings (SSSR count). The molecule has 3 nitrogen and oxygen atoms in total. The van der Waals surface area contributed by atoms with Crippen LogP contribution >= 0.6 is 12.4 Å². The number of carbonyl (C=O) groups excluding carboxylic acids is 1. The maximum atomic E-state index is 12.4. The first kappa shape index (κ1) is 15.2. The fraction of sp³-hybridized carbons (Fsp3) is 0.562. The number of nitrogens with one attached hydrogen (secondary N) is 1. The molecule has 1 saturated carbocycles. The van der Waals surface area contributed by atoms with Crippen molar-refractivity contribution < 1.29 is 4.79 Å². The summed E-state index contributed by atoms with van der Waals surface area (Å²) in [7, 11) is 1.94. The smallest absolute Gasteiger partial charge is 0.253 e. The van der Waals surface area contributed by atoms with E-state index in [-0.39, 0.29) is 18.3 Å². The highest BCUT2D eigenvalue weighted by molar-refractivity contribution is 5.95. The predicted molar refractivity (Wildman–Crippen MR) is 84.8 cm³/mol. The normalized spacial score (nSPS) is 17.2. The van der Waals surface area contributed by atoms with Gasteiger partial charge in [-0.15, -0.1) is 12.4 Å². The van der Waals surface area contributed by atoms with Crippen LogP contribution in [-0.4, -0.2) is 30.9 Å². The van der Waals surface area contributed by atoms with Gasteiger partial charge in [0.25, 0.3) is 5.91 Å². The Morgan fingerprint density at radius 1 is 1.35 bits per heavy atom. The second-order valence-corrected chi connectivity index (χ2v) is 5.88. The van der Waals surface area contributed by atoms with E-state index in [4.69, 9.17) is 0 Å². The summed E-state index contributed by atoms with van der Waals surface area (Å²) in [6.07, 6.45) is 6.26. The van der Waals surface area contributed by atoms with Crippen LogP contribution in [0.25, 0.3) is 0 Å². The molecule has 1 N–H and O–H groups in total. The molecule has 110 valence electrons. The van der Waals surface area contributed by atoms with E-state index in [1.54, 1.807) is 0 Å². The molecule has 0 saturated heterocycles. The minimum Gasteiger partial charge on any atom is -0.384 e. The quantitative estimate of drug-likeness (QED) is 0.927. The fourth-order valence-corrected chi connectivity index (χ4v) is 3.32. The first-order valence-electron chi connectivity index (χ1n) is 7.36. The van der Waals surface area contributed by atoms with E-state index in [2.05, 4.69) is 11.4 Å².